The van der Waals surface area contributed by atoms with Crippen LogP contribution < -0.4 is 10.1 Å². The number of anilines is 1. The molecular formula is C14H22N2O2. The Morgan fingerprint density at radius 3 is 3.22 bits per heavy atom. The molecule has 100 valence electrons. The summed E-state index contributed by atoms with van der Waals surface area (Å²) in [6.07, 6.45) is 3.91. The van der Waals surface area contributed by atoms with Crippen molar-refractivity contribution in [3.63, 3.8) is 0 Å². The zero-order chi connectivity index (χ0) is 12.8. The lowest BCUT2D eigenvalue weighted by Crippen LogP contribution is -2.26. The summed E-state index contributed by atoms with van der Waals surface area (Å²) in [5, 5.41) is 3.45. The standard InChI is InChI=1S/C14H22N2O2/c1-3-8-18-13-5-4-7-15-14(13)16-11(2)12-6-9-17-10-12/h4-5,7,11-12H,3,6,8-10H2,1-2H3,(H,15,16). The Kier molecular flexibility index (Phi) is 4.81. The lowest BCUT2D eigenvalue weighted by molar-refractivity contribution is 0.183. The van der Waals surface area contributed by atoms with Gasteiger partial charge in [-0.1, -0.05) is 6.92 Å². The van der Waals surface area contributed by atoms with Crippen molar-refractivity contribution in [1.82, 2.24) is 4.98 Å². The molecule has 1 aromatic rings. The molecular weight excluding hydrogens is 228 g/mol. The first-order chi connectivity index (χ1) is 8.81. The van der Waals surface area contributed by atoms with Gasteiger partial charge in [0, 0.05) is 24.8 Å². The Bertz CT molecular complexity index is 365. The molecule has 1 saturated heterocycles. The van der Waals surface area contributed by atoms with Crippen molar-refractivity contribution < 1.29 is 9.47 Å². The summed E-state index contributed by atoms with van der Waals surface area (Å²) < 4.78 is 11.1. The second kappa shape index (κ2) is 6.59. The van der Waals surface area contributed by atoms with Crippen LogP contribution in [0.25, 0.3) is 0 Å². The van der Waals surface area contributed by atoms with Crippen molar-refractivity contribution in [2.75, 3.05) is 25.1 Å². The fraction of sp³-hybridized carbons (Fsp3) is 0.643. The second-order valence-electron chi connectivity index (χ2n) is 4.76. The van der Waals surface area contributed by atoms with Gasteiger partial charge in [0.1, 0.15) is 0 Å². The molecule has 0 spiro atoms. The summed E-state index contributed by atoms with van der Waals surface area (Å²) in [4.78, 5) is 4.37. The van der Waals surface area contributed by atoms with Gasteiger partial charge in [-0.3, -0.25) is 0 Å². The molecule has 18 heavy (non-hydrogen) atoms. The van der Waals surface area contributed by atoms with Crippen LogP contribution in [0.15, 0.2) is 18.3 Å². The predicted octanol–water partition coefficient (Wildman–Crippen LogP) is 2.71. The SMILES string of the molecule is CCCOc1cccnc1NC(C)C1CCOC1. The molecule has 1 N–H and O–H groups in total. The number of nitrogens with one attached hydrogen (secondary N) is 1. The van der Waals surface area contributed by atoms with Crippen LogP contribution in [-0.2, 0) is 4.74 Å². The number of nitrogens with zero attached hydrogens (tertiary/aromatic N) is 1. The van der Waals surface area contributed by atoms with Gasteiger partial charge in [0.15, 0.2) is 11.6 Å². The Labute approximate surface area is 109 Å². The van der Waals surface area contributed by atoms with Gasteiger partial charge in [-0.05, 0) is 31.9 Å². The van der Waals surface area contributed by atoms with Gasteiger partial charge < -0.3 is 14.8 Å². The third-order valence-electron chi connectivity index (χ3n) is 3.27. The normalized spacial score (nSPS) is 20.7. The largest absolute Gasteiger partial charge is 0.490 e. The van der Waals surface area contributed by atoms with Crippen LogP contribution in [0.2, 0.25) is 0 Å². The number of ether oxygens (including phenoxy) is 2. The molecule has 1 fully saturated rings. The number of rotatable bonds is 6. The highest BCUT2D eigenvalue weighted by atomic mass is 16.5. The van der Waals surface area contributed by atoms with E-state index in [0.717, 1.165) is 44.2 Å². The van der Waals surface area contributed by atoms with E-state index in [1.807, 2.05) is 12.1 Å². The molecule has 4 heteroatoms. The molecule has 0 amide bonds. The van der Waals surface area contributed by atoms with Crippen LogP contribution in [0.5, 0.6) is 5.75 Å². The number of aromatic nitrogens is 1. The lowest BCUT2D eigenvalue weighted by Gasteiger charge is -2.21. The minimum Gasteiger partial charge on any atom is -0.490 e. The molecule has 2 rings (SSSR count). The summed E-state index contributed by atoms with van der Waals surface area (Å²) in [5.74, 6) is 2.24. The third kappa shape index (κ3) is 3.35. The van der Waals surface area contributed by atoms with E-state index in [0.29, 0.717) is 12.0 Å². The van der Waals surface area contributed by atoms with Crippen LogP contribution in [0.1, 0.15) is 26.7 Å². The van der Waals surface area contributed by atoms with Crippen LogP contribution in [0, 0.1) is 5.92 Å². The highest BCUT2D eigenvalue weighted by Gasteiger charge is 2.23. The molecule has 2 atom stereocenters. The average molecular weight is 250 g/mol. The van der Waals surface area contributed by atoms with Crippen molar-refractivity contribution >= 4 is 5.82 Å². The van der Waals surface area contributed by atoms with Gasteiger partial charge >= 0.3 is 0 Å². The van der Waals surface area contributed by atoms with E-state index in [4.69, 9.17) is 9.47 Å². The minimum absolute atomic E-state index is 0.353. The van der Waals surface area contributed by atoms with Gasteiger partial charge in [-0.25, -0.2) is 4.98 Å². The maximum Gasteiger partial charge on any atom is 0.168 e. The molecule has 2 heterocycles. The Hall–Kier alpha value is -1.29. The zero-order valence-electron chi connectivity index (χ0n) is 11.2. The average Bonchev–Trinajstić information content (AvgIpc) is 2.91. The Morgan fingerprint density at radius 1 is 1.61 bits per heavy atom. The van der Waals surface area contributed by atoms with E-state index in [9.17, 15) is 0 Å². The summed E-state index contributed by atoms with van der Waals surface area (Å²) in [7, 11) is 0. The minimum atomic E-state index is 0.353. The van der Waals surface area contributed by atoms with Crippen molar-refractivity contribution in [3.05, 3.63) is 18.3 Å². The van der Waals surface area contributed by atoms with Gasteiger partial charge in [0.2, 0.25) is 0 Å². The van der Waals surface area contributed by atoms with Gasteiger partial charge in [0.25, 0.3) is 0 Å². The van der Waals surface area contributed by atoms with E-state index in [2.05, 4.69) is 24.1 Å². The summed E-state index contributed by atoms with van der Waals surface area (Å²) in [6.45, 7) is 6.71. The van der Waals surface area contributed by atoms with Crippen LogP contribution in [0.3, 0.4) is 0 Å². The molecule has 1 aliphatic heterocycles. The van der Waals surface area contributed by atoms with E-state index < -0.39 is 0 Å². The predicted molar refractivity (Wildman–Crippen MR) is 72.0 cm³/mol. The highest BCUT2D eigenvalue weighted by molar-refractivity contribution is 5.50. The number of pyridine rings is 1. The van der Waals surface area contributed by atoms with Gasteiger partial charge in [-0.2, -0.15) is 0 Å². The van der Waals surface area contributed by atoms with E-state index in [-0.39, 0.29) is 0 Å². The smallest absolute Gasteiger partial charge is 0.168 e. The number of hydrogen-bond donors (Lipinski definition) is 1. The molecule has 0 aromatic carbocycles. The van der Waals surface area contributed by atoms with Gasteiger partial charge in [-0.15, -0.1) is 0 Å². The van der Waals surface area contributed by atoms with Crippen molar-refractivity contribution in [1.29, 1.82) is 0 Å². The first-order valence-electron chi connectivity index (χ1n) is 6.73. The quantitative estimate of drug-likeness (QED) is 0.843. The molecule has 0 radical (unpaired) electrons. The van der Waals surface area contributed by atoms with Gasteiger partial charge in [0.05, 0.1) is 13.2 Å². The first-order valence-corrected chi connectivity index (χ1v) is 6.73. The summed E-state index contributed by atoms with van der Waals surface area (Å²) in [6, 6.07) is 4.22. The van der Waals surface area contributed by atoms with Crippen LogP contribution >= 0.6 is 0 Å². The van der Waals surface area contributed by atoms with Crippen LogP contribution in [0.4, 0.5) is 5.82 Å². The Morgan fingerprint density at radius 2 is 2.50 bits per heavy atom. The van der Waals surface area contributed by atoms with E-state index in [1.165, 1.54) is 0 Å². The molecule has 2 unspecified atom stereocenters. The van der Waals surface area contributed by atoms with Crippen molar-refractivity contribution in [2.24, 2.45) is 5.92 Å². The highest BCUT2D eigenvalue weighted by Crippen LogP contribution is 2.25. The molecule has 4 nitrogen and oxygen atoms in total. The van der Waals surface area contributed by atoms with E-state index in [1.54, 1.807) is 6.20 Å². The zero-order valence-corrected chi connectivity index (χ0v) is 11.2. The maximum absolute atomic E-state index is 5.69. The molecule has 0 bridgehead atoms. The summed E-state index contributed by atoms with van der Waals surface area (Å²) >= 11 is 0. The first kappa shape index (κ1) is 13.1. The summed E-state index contributed by atoms with van der Waals surface area (Å²) in [5.41, 5.74) is 0. The molecule has 1 aliphatic rings. The lowest BCUT2D eigenvalue weighted by atomic mass is 10.0. The van der Waals surface area contributed by atoms with E-state index >= 15 is 0 Å². The molecule has 1 aromatic heterocycles. The second-order valence-corrected chi connectivity index (χ2v) is 4.76. The van der Waals surface area contributed by atoms with Crippen LogP contribution in [-0.4, -0.2) is 30.8 Å². The monoisotopic (exact) mass is 250 g/mol. The number of hydrogen-bond acceptors (Lipinski definition) is 4. The maximum atomic E-state index is 5.69. The fourth-order valence-electron chi connectivity index (χ4n) is 2.11. The third-order valence-corrected chi connectivity index (χ3v) is 3.27. The topological polar surface area (TPSA) is 43.4 Å². The van der Waals surface area contributed by atoms with Crippen molar-refractivity contribution in [2.45, 2.75) is 32.7 Å². The Balaban J connectivity index is 1.98. The van der Waals surface area contributed by atoms with Crippen molar-refractivity contribution in [3.8, 4) is 5.75 Å². The molecule has 0 saturated carbocycles. The molecule has 0 aliphatic carbocycles. The fourth-order valence-corrected chi connectivity index (χ4v) is 2.11.